The Morgan fingerprint density at radius 1 is 1.09 bits per heavy atom. The van der Waals surface area contributed by atoms with Crippen molar-refractivity contribution in [1.82, 2.24) is 0 Å². The number of halogens is 2. The van der Waals surface area contributed by atoms with Gasteiger partial charge in [-0.05, 0) is 54.5 Å². The van der Waals surface area contributed by atoms with E-state index in [1.54, 1.807) is 0 Å². The Morgan fingerprint density at radius 3 is 2.53 bits per heavy atom. The maximum atomic E-state index is 13.0. The number of alkyl halides is 2. The topological polar surface area (TPSA) is 73.9 Å². The number of hydrogen-bond donors (Lipinski definition) is 1. The van der Waals surface area contributed by atoms with Gasteiger partial charge < -0.3 is 19.5 Å². The molecule has 0 spiro atoms. The monoisotopic (exact) mass is 487 g/mol. The summed E-state index contributed by atoms with van der Waals surface area (Å²) in [6, 6.07) is 14.1. The van der Waals surface area contributed by atoms with Gasteiger partial charge in [-0.15, -0.1) is 11.3 Å². The van der Waals surface area contributed by atoms with Gasteiger partial charge in [0, 0.05) is 10.4 Å². The summed E-state index contributed by atoms with van der Waals surface area (Å²) in [6.07, 6.45) is 2.34. The molecule has 1 N–H and O–H groups in total. The van der Waals surface area contributed by atoms with Crippen LogP contribution in [-0.2, 0) is 17.6 Å². The van der Waals surface area contributed by atoms with Crippen molar-refractivity contribution < 1.29 is 32.6 Å². The molecule has 1 aromatic heterocycles. The molecule has 34 heavy (non-hydrogen) atoms. The van der Waals surface area contributed by atoms with E-state index in [0.717, 1.165) is 23.3 Å². The third-order valence-corrected chi connectivity index (χ3v) is 6.96. The average molecular weight is 488 g/mol. The van der Waals surface area contributed by atoms with Crippen LogP contribution in [0, 0.1) is 0 Å². The van der Waals surface area contributed by atoms with Crippen molar-refractivity contribution in [3.8, 4) is 11.5 Å². The lowest BCUT2D eigenvalue weighted by Gasteiger charge is -2.22. The highest BCUT2D eigenvalue weighted by Crippen LogP contribution is 2.43. The fourth-order valence-corrected chi connectivity index (χ4v) is 5.49. The summed E-state index contributed by atoms with van der Waals surface area (Å²) >= 11 is 1.36. The second-order valence-electron chi connectivity index (χ2n) is 7.75. The summed E-state index contributed by atoms with van der Waals surface area (Å²) in [7, 11) is 2.60. The number of thiophene rings is 1. The standard InChI is InChI=1S/C25H23F2NO5S/c1-31-19-12-16(9-11-18(19)33-25(26)27)22(29)28-23-21(24(30)32-2)17-10-8-15(13-20(17)34-23)14-6-4-3-5-7-14/h3-7,9,11-12,15,25H,8,10,13H2,1-2H3,(H,28,29). The van der Waals surface area contributed by atoms with Crippen LogP contribution in [0.5, 0.6) is 11.5 Å². The average Bonchev–Trinajstić information content (AvgIpc) is 3.20. The summed E-state index contributed by atoms with van der Waals surface area (Å²) in [5.74, 6) is -0.873. The lowest BCUT2D eigenvalue weighted by Crippen LogP contribution is -2.16. The molecule has 4 rings (SSSR count). The summed E-state index contributed by atoms with van der Waals surface area (Å²) in [4.78, 5) is 26.6. The van der Waals surface area contributed by atoms with E-state index in [0.29, 0.717) is 22.9 Å². The van der Waals surface area contributed by atoms with Gasteiger partial charge in [-0.2, -0.15) is 8.78 Å². The highest BCUT2D eigenvalue weighted by atomic mass is 32.1. The van der Waals surface area contributed by atoms with Crippen LogP contribution < -0.4 is 14.8 Å². The largest absolute Gasteiger partial charge is 0.493 e. The minimum Gasteiger partial charge on any atom is -0.493 e. The van der Waals surface area contributed by atoms with E-state index in [2.05, 4.69) is 22.2 Å². The quantitative estimate of drug-likeness (QED) is 0.435. The van der Waals surface area contributed by atoms with Gasteiger partial charge in [0.25, 0.3) is 5.91 Å². The zero-order valence-electron chi connectivity index (χ0n) is 18.6. The minimum atomic E-state index is -3.02. The van der Waals surface area contributed by atoms with Gasteiger partial charge in [0.15, 0.2) is 11.5 Å². The molecule has 1 atom stereocenters. The number of benzene rings is 2. The molecule has 9 heteroatoms. The van der Waals surface area contributed by atoms with Crippen LogP contribution in [-0.4, -0.2) is 32.7 Å². The summed E-state index contributed by atoms with van der Waals surface area (Å²) in [5, 5.41) is 3.20. The van der Waals surface area contributed by atoms with E-state index >= 15 is 0 Å². The first-order valence-electron chi connectivity index (χ1n) is 10.6. The zero-order chi connectivity index (χ0) is 24.2. The number of nitrogens with one attached hydrogen (secondary N) is 1. The van der Waals surface area contributed by atoms with E-state index in [1.165, 1.54) is 49.3 Å². The Morgan fingerprint density at radius 2 is 1.85 bits per heavy atom. The summed E-state index contributed by atoms with van der Waals surface area (Å²) in [6.45, 7) is -3.02. The lowest BCUT2D eigenvalue weighted by molar-refractivity contribution is -0.0512. The second kappa shape index (κ2) is 10.2. The van der Waals surface area contributed by atoms with Gasteiger partial charge in [-0.1, -0.05) is 30.3 Å². The molecule has 0 bridgehead atoms. The first kappa shape index (κ1) is 23.7. The lowest BCUT2D eigenvalue weighted by atomic mass is 9.83. The van der Waals surface area contributed by atoms with Crippen LogP contribution in [0.2, 0.25) is 0 Å². The van der Waals surface area contributed by atoms with Gasteiger partial charge in [0.1, 0.15) is 5.00 Å². The van der Waals surface area contributed by atoms with Crippen molar-refractivity contribution in [2.24, 2.45) is 0 Å². The number of methoxy groups -OCH3 is 2. The molecule has 1 heterocycles. The smallest absolute Gasteiger partial charge is 0.387 e. The molecule has 1 unspecified atom stereocenters. The van der Waals surface area contributed by atoms with E-state index in [4.69, 9.17) is 9.47 Å². The SMILES string of the molecule is COC(=O)c1c(NC(=O)c2ccc(OC(F)F)c(OC)c2)sc2c1CCC(c1ccccc1)C2. The van der Waals surface area contributed by atoms with Crippen LogP contribution in [0.15, 0.2) is 48.5 Å². The Labute approximate surface area is 199 Å². The van der Waals surface area contributed by atoms with Gasteiger partial charge in [0.05, 0.1) is 19.8 Å². The number of esters is 1. The fourth-order valence-electron chi connectivity index (χ4n) is 4.18. The molecule has 0 aliphatic heterocycles. The highest BCUT2D eigenvalue weighted by molar-refractivity contribution is 7.17. The number of fused-ring (bicyclic) bond motifs is 1. The number of carbonyl (C=O) groups excluding carboxylic acids is 2. The fraction of sp³-hybridized carbons (Fsp3) is 0.280. The zero-order valence-corrected chi connectivity index (χ0v) is 19.4. The molecule has 0 radical (unpaired) electrons. The van der Waals surface area contributed by atoms with E-state index in [-0.39, 0.29) is 17.1 Å². The van der Waals surface area contributed by atoms with Crippen molar-refractivity contribution in [3.63, 3.8) is 0 Å². The van der Waals surface area contributed by atoms with Crippen LogP contribution in [0.1, 0.15) is 49.1 Å². The highest BCUT2D eigenvalue weighted by Gasteiger charge is 2.31. The van der Waals surface area contributed by atoms with E-state index in [1.807, 2.05) is 18.2 Å². The molecular weight excluding hydrogens is 464 g/mol. The maximum Gasteiger partial charge on any atom is 0.387 e. The predicted octanol–water partition coefficient (Wildman–Crippen LogP) is 5.67. The minimum absolute atomic E-state index is 0.00248. The predicted molar refractivity (Wildman–Crippen MR) is 124 cm³/mol. The number of hydrogen-bond acceptors (Lipinski definition) is 6. The summed E-state index contributed by atoms with van der Waals surface area (Å²) in [5.41, 5.74) is 2.68. The van der Waals surface area contributed by atoms with Crippen molar-refractivity contribution in [3.05, 3.63) is 75.7 Å². The normalized spacial score (nSPS) is 14.9. The molecule has 1 aliphatic rings. The third-order valence-electron chi connectivity index (χ3n) is 5.79. The van der Waals surface area contributed by atoms with Gasteiger partial charge in [0.2, 0.25) is 0 Å². The Bertz CT molecular complexity index is 1200. The second-order valence-corrected chi connectivity index (χ2v) is 8.85. The Balaban J connectivity index is 1.61. The number of rotatable bonds is 7. The maximum absolute atomic E-state index is 13.0. The molecule has 6 nitrogen and oxygen atoms in total. The molecule has 1 aliphatic carbocycles. The van der Waals surface area contributed by atoms with Crippen LogP contribution in [0.3, 0.4) is 0 Å². The van der Waals surface area contributed by atoms with Crippen molar-refractivity contribution in [1.29, 1.82) is 0 Å². The van der Waals surface area contributed by atoms with Crippen LogP contribution >= 0.6 is 11.3 Å². The van der Waals surface area contributed by atoms with Crippen molar-refractivity contribution >= 4 is 28.2 Å². The van der Waals surface area contributed by atoms with Crippen molar-refractivity contribution in [2.75, 3.05) is 19.5 Å². The molecular formula is C25H23F2NO5S. The van der Waals surface area contributed by atoms with Gasteiger partial charge in [-0.25, -0.2) is 4.79 Å². The molecule has 0 saturated carbocycles. The molecule has 2 aromatic carbocycles. The Hall–Kier alpha value is -3.46. The Kier molecular flexibility index (Phi) is 7.12. The molecule has 178 valence electrons. The van der Waals surface area contributed by atoms with Gasteiger partial charge in [-0.3, -0.25) is 4.79 Å². The molecule has 0 saturated heterocycles. The van der Waals surface area contributed by atoms with E-state index < -0.39 is 18.5 Å². The number of amides is 1. The first-order valence-corrected chi connectivity index (χ1v) is 11.4. The number of carbonyl (C=O) groups is 2. The van der Waals surface area contributed by atoms with E-state index in [9.17, 15) is 18.4 Å². The number of anilines is 1. The molecule has 3 aromatic rings. The molecule has 1 amide bonds. The molecule has 0 fully saturated rings. The van der Waals surface area contributed by atoms with Crippen molar-refractivity contribution in [2.45, 2.75) is 31.8 Å². The first-order chi connectivity index (χ1) is 16.4. The third kappa shape index (κ3) is 4.89. The number of ether oxygens (including phenoxy) is 3. The van der Waals surface area contributed by atoms with Crippen LogP contribution in [0.25, 0.3) is 0 Å². The van der Waals surface area contributed by atoms with Crippen LogP contribution in [0.4, 0.5) is 13.8 Å². The van der Waals surface area contributed by atoms with Gasteiger partial charge >= 0.3 is 12.6 Å². The summed E-state index contributed by atoms with van der Waals surface area (Å²) < 4.78 is 39.7.